The van der Waals surface area contributed by atoms with Crippen molar-refractivity contribution in [3.05, 3.63) is 17.5 Å². The van der Waals surface area contributed by atoms with E-state index in [9.17, 15) is 4.79 Å². The van der Waals surface area contributed by atoms with Crippen LogP contribution in [0.4, 0.5) is 0 Å². The van der Waals surface area contributed by atoms with Crippen molar-refractivity contribution < 1.29 is 4.79 Å². The third kappa shape index (κ3) is 3.35. The first-order valence-electron chi connectivity index (χ1n) is 7.58. The molecule has 0 unspecified atom stereocenters. The minimum atomic E-state index is 0.0833. The summed E-state index contributed by atoms with van der Waals surface area (Å²) in [5, 5.41) is 4.37. The molecule has 1 fully saturated rings. The van der Waals surface area contributed by atoms with Crippen molar-refractivity contribution in [2.45, 2.75) is 58.5 Å². The summed E-state index contributed by atoms with van der Waals surface area (Å²) in [6, 6.07) is 2.23. The van der Waals surface area contributed by atoms with Crippen LogP contribution in [0.25, 0.3) is 0 Å². The molecule has 112 valence electrons. The molecule has 5 heteroatoms. The second-order valence-electron chi connectivity index (χ2n) is 5.47. The second kappa shape index (κ2) is 7.11. The Morgan fingerprint density at radius 3 is 2.75 bits per heavy atom. The molecule has 0 radical (unpaired) electrons. The number of halogens is 1. The molecular formula is C15H24ClN3O. The lowest BCUT2D eigenvalue weighted by atomic mass is 9.94. The van der Waals surface area contributed by atoms with Crippen molar-refractivity contribution in [1.82, 2.24) is 14.7 Å². The molecular weight excluding hydrogens is 274 g/mol. The summed E-state index contributed by atoms with van der Waals surface area (Å²) in [5.74, 6) is 0.571. The number of nitrogens with zero attached hydrogens (tertiary/aromatic N) is 3. The van der Waals surface area contributed by atoms with E-state index >= 15 is 0 Å². The monoisotopic (exact) mass is 297 g/mol. The van der Waals surface area contributed by atoms with Crippen molar-refractivity contribution in [2.24, 2.45) is 0 Å². The number of carbonyl (C=O) groups excluding carboxylic acids is 1. The molecule has 1 saturated carbocycles. The van der Waals surface area contributed by atoms with Crippen molar-refractivity contribution in [3.63, 3.8) is 0 Å². The molecule has 1 aromatic rings. The molecule has 4 nitrogen and oxygen atoms in total. The Balaban J connectivity index is 2.20. The summed E-state index contributed by atoms with van der Waals surface area (Å²) >= 11 is 5.91. The van der Waals surface area contributed by atoms with Gasteiger partial charge in [-0.1, -0.05) is 19.3 Å². The SMILES string of the molecule is CCn1nc(C)cc1C(=O)N(CCCl)C1CCCCC1. The molecule has 1 aromatic heterocycles. The van der Waals surface area contributed by atoms with Gasteiger partial charge in [0.2, 0.25) is 0 Å². The third-order valence-corrected chi connectivity index (χ3v) is 4.19. The first-order valence-corrected chi connectivity index (χ1v) is 8.12. The molecule has 0 saturated heterocycles. The summed E-state index contributed by atoms with van der Waals surface area (Å²) in [5.41, 5.74) is 1.59. The van der Waals surface area contributed by atoms with Crippen molar-refractivity contribution in [1.29, 1.82) is 0 Å². The predicted molar refractivity (Wildman–Crippen MR) is 81.3 cm³/mol. The average Bonchev–Trinajstić information content (AvgIpc) is 2.86. The average molecular weight is 298 g/mol. The number of hydrogen-bond acceptors (Lipinski definition) is 2. The molecule has 2 rings (SSSR count). The number of alkyl halides is 1. The largest absolute Gasteiger partial charge is 0.333 e. The van der Waals surface area contributed by atoms with Gasteiger partial charge in [0.15, 0.2) is 0 Å². The zero-order valence-electron chi connectivity index (χ0n) is 12.4. The molecule has 1 aliphatic carbocycles. The van der Waals surface area contributed by atoms with Crippen LogP contribution >= 0.6 is 11.6 Å². The van der Waals surface area contributed by atoms with Gasteiger partial charge in [0.05, 0.1) is 5.69 Å². The number of amides is 1. The number of rotatable bonds is 5. The Hall–Kier alpha value is -1.03. The zero-order valence-corrected chi connectivity index (χ0v) is 13.2. The fourth-order valence-electron chi connectivity index (χ4n) is 3.04. The Labute approximate surface area is 126 Å². The fraction of sp³-hybridized carbons (Fsp3) is 0.733. The highest BCUT2D eigenvalue weighted by atomic mass is 35.5. The molecule has 0 aromatic carbocycles. The molecule has 0 atom stereocenters. The van der Waals surface area contributed by atoms with Crippen LogP contribution in [0.15, 0.2) is 6.07 Å². The number of aryl methyl sites for hydroxylation is 2. The van der Waals surface area contributed by atoms with Gasteiger partial charge in [-0.25, -0.2) is 0 Å². The highest BCUT2D eigenvalue weighted by Gasteiger charge is 2.27. The van der Waals surface area contributed by atoms with Crippen LogP contribution in [0.3, 0.4) is 0 Å². The quantitative estimate of drug-likeness (QED) is 0.783. The maximum absolute atomic E-state index is 12.8. The highest BCUT2D eigenvalue weighted by Crippen LogP contribution is 2.24. The van der Waals surface area contributed by atoms with Crippen molar-refractivity contribution in [3.8, 4) is 0 Å². The van der Waals surface area contributed by atoms with E-state index in [1.54, 1.807) is 4.68 Å². The minimum Gasteiger partial charge on any atom is -0.333 e. The Bertz CT molecular complexity index is 452. The lowest BCUT2D eigenvalue weighted by molar-refractivity contribution is 0.0637. The van der Waals surface area contributed by atoms with Gasteiger partial charge in [-0.05, 0) is 32.8 Å². The lowest BCUT2D eigenvalue weighted by Gasteiger charge is -2.34. The van der Waals surface area contributed by atoms with Gasteiger partial charge >= 0.3 is 0 Å². The highest BCUT2D eigenvalue weighted by molar-refractivity contribution is 6.18. The normalized spacial score (nSPS) is 16.4. The molecule has 0 N–H and O–H groups in total. The summed E-state index contributed by atoms with van der Waals surface area (Å²) in [6.07, 6.45) is 5.90. The summed E-state index contributed by atoms with van der Waals surface area (Å²) in [4.78, 5) is 14.8. The van der Waals surface area contributed by atoms with Crippen LogP contribution < -0.4 is 0 Å². The van der Waals surface area contributed by atoms with Gasteiger partial charge in [0, 0.05) is 25.0 Å². The maximum atomic E-state index is 12.8. The number of carbonyl (C=O) groups is 1. The smallest absolute Gasteiger partial charge is 0.272 e. The Morgan fingerprint density at radius 2 is 2.15 bits per heavy atom. The van der Waals surface area contributed by atoms with Gasteiger partial charge in [0.1, 0.15) is 5.69 Å². The maximum Gasteiger partial charge on any atom is 0.272 e. The minimum absolute atomic E-state index is 0.0833. The molecule has 1 aliphatic rings. The Kier molecular flexibility index (Phi) is 5.46. The van der Waals surface area contributed by atoms with Crippen LogP contribution in [0, 0.1) is 6.92 Å². The van der Waals surface area contributed by atoms with E-state index in [1.807, 2.05) is 24.8 Å². The summed E-state index contributed by atoms with van der Waals surface area (Å²) in [7, 11) is 0. The van der Waals surface area contributed by atoms with E-state index in [0.29, 0.717) is 30.7 Å². The fourth-order valence-corrected chi connectivity index (χ4v) is 3.22. The van der Waals surface area contributed by atoms with Crippen LogP contribution in [-0.2, 0) is 6.54 Å². The van der Waals surface area contributed by atoms with E-state index in [2.05, 4.69) is 5.10 Å². The van der Waals surface area contributed by atoms with Crippen molar-refractivity contribution >= 4 is 17.5 Å². The van der Waals surface area contributed by atoms with Crippen LogP contribution in [0.2, 0.25) is 0 Å². The van der Waals surface area contributed by atoms with Gasteiger partial charge < -0.3 is 4.90 Å². The Morgan fingerprint density at radius 1 is 1.45 bits per heavy atom. The van der Waals surface area contributed by atoms with Gasteiger partial charge in [0.25, 0.3) is 5.91 Å². The predicted octanol–water partition coefficient (Wildman–Crippen LogP) is 3.23. The van der Waals surface area contributed by atoms with E-state index in [4.69, 9.17) is 11.6 Å². The zero-order chi connectivity index (χ0) is 14.5. The molecule has 20 heavy (non-hydrogen) atoms. The first kappa shape index (κ1) is 15.4. The third-order valence-electron chi connectivity index (χ3n) is 4.02. The van der Waals surface area contributed by atoms with E-state index in [-0.39, 0.29) is 5.91 Å². The second-order valence-corrected chi connectivity index (χ2v) is 5.84. The number of aromatic nitrogens is 2. The van der Waals surface area contributed by atoms with E-state index in [1.165, 1.54) is 19.3 Å². The topological polar surface area (TPSA) is 38.1 Å². The molecule has 0 spiro atoms. The van der Waals surface area contributed by atoms with Crippen LogP contribution in [0.1, 0.15) is 55.2 Å². The summed E-state index contributed by atoms with van der Waals surface area (Å²) in [6.45, 7) is 5.28. The molecule has 0 bridgehead atoms. The van der Waals surface area contributed by atoms with Crippen LogP contribution in [0.5, 0.6) is 0 Å². The summed E-state index contributed by atoms with van der Waals surface area (Å²) < 4.78 is 1.79. The number of hydrogen-bond donors (Lipinski definition) is 0. The standard InChI is InChI=1S/C15H24ClN3O/c1-3-19-14(11-12(2)17-19)15(20)18(10-9-16)13-7-5-4-6-8-13/h11,13H,3-10H2,1-2H3. The molecule has 0 aliphatic heterocycles. The van der Waals surface area contributed by atoms with Gasteiger partial charge in [-0.15, -0.1) is 11.6 Å². The molecule has 1 heterocycles. The molecule has 1 amide bonds. The van der Waals surface area contributed by atoms with E-state index < -0.39 is 0 Å². The van der Waals surface area contributed by atoms with Gasteiger partial charge in [-0.2, -0.15) is 5.10 Å². The lowest BCUT2D eigenvalue weighted by Crippen LogP contribution is -2.43. The van der Waals surface area contributed by atoms with Crippen LogP contribution in [-0.4, -0.2) is 39.1 Å². The van der Waals surface area contributed by atoms with Crippen molar-refractivity contribution in [2.75, 3.05) is 12.4 Å². The van der Waals surface area contributed by atoms with E-state index in [0.717, 1.165) is 18.5 Å². The van der Waals surface area contributed by atoms with Gasteiger partial charge in [-0.3, -0.25) is 9.48 Å². The first-order chi connectivity index (χ1) is 9.67.